The maximum absolute atomic E-state index is 6.17. The van der Waals surface area contributed by atoms with Gasteiger partial charge in [0, 0.05) is 23.7 Å². The van der Waals surface area contributed by atoms with E-state index < -0.39 is 0 Å². The minimum Gasteiger partial charge on any atom is -0.493 e. The molecule has 0 amide bonds. The van der Waals surface area contributed by atoms with Gasteiger partial charge in [-0.15, -0.1) is 0 Å². The Hall–Kier alpha value is -1.51. The smallest absolute Gasteiger partial charge is 0.123 e. The topological polar surface area (TPSA) is 21.3 Å². The molecular weight excluding hydrogens is 294 g/mol. The van der Waals surface area contributed by atoms with Crippen molar-refractivity contribution >= 4 is 11.6 Å². The van der Waals surface area contributed by atoms with Gasteiger partial charge in [0.15, 0.2) is 0 Å². The van der Waals surface area contributed by atoms with E-state index in [2.05, 4.69) is 18.3 Å². The van der Waals surface area contributed by atoms with Crippen LogP contribution in [0, 0.1) is 0 Å². The van der Waals surface area contributed by atoms with Crippen molar-refractivity contribution in [3.8, 4) is 5.75 Å². The van der Waals surface area contributed by atoms with Crippen molar-refractivity contribution in [3.63, 3.8) is 0 Å². The fourth-order valence-corrected chi connectivity index (χ4v) is 2.50. The Kier molecular flexibility index (Phi) is 7.27. The van der Waals surface area contributed by atoms with Crippen LogP contribution in [0.4, 0.5) is 0 Å². The van der Waals surface area contributed by atoms with Gasteiger partial charge in [0.2, 0.25) is 0 Å². The molecule has 0 saturated carbocycles. The molecule has 0 radical (unpaired) electrons. The van der Waals surface area contributed by atoms with Gasteiger partial charge in [0.25, 0.3) is 0 Å². The number of benzene rings is 2. The minimum atomic E-state index is 0.754. The fraction of sp³-hybridized carbons (Fsp3) is 0.368. The maximum Gasteiger partial charge on any atom is 0.123 e. The standard InChI is InChI=1S/C19H24ClNO/c1-2-3-8-13-22-19-12-7-5-10-17(19)15-21-14-16-9-4-6-11-18(16)20/h4-7,9-12,21H,2-3,8,13-15H2,1H3. The zero-order valence-corrected chi connectivity index (χ0v) is 13.9. The van der Waals surface area contributed by atoms with Crippen LogP contribution in [0.15, 0.2) is 48.5 Å². The zero-order chi connectivity index (χ0) is 15.6. The average Bonchev–Trinajstić information content (AvgIpc) is 2.55. The van der Waals surface area contributed by atoms with Crippen molar-refractivity contribution in [1.82, 2.24) is 5.32 Å². The Labute approximate surface area is 138 Å². The normalized spacial score (nSPS) is 10.6. The van der Waals surface area contributed by atoms with Gasteiger partial charge in [-0.2, -0.15) is 0 Å². The third-order valence-electron chi connectivity index (χ3n) is 3.57. The molecular formula is C19H24ClNO. The molecule has 2 rings (SSSR count). The van der Waals surface area contributed by atoms with Gasteiger partial charge in [-0.05, 0) is 24.1 Å². The number of hydrogen-bond donors (Lipinski definition) is 1. The summed E-state index contributed by atoms with van der Waals surface area (Å²) in [4.78, 5) is 0. The molecule has 0 aliphatic heterocycles. The van der Waals surface area contributed by atoms with Crippen LogP contribution in [0.1, 0.15) is 37.3 Å². The summed E-state index contributed by atoms with van der Waals surface area (Å²) in [6.45, 7) is 4.51. The molecule has 0 spiro atoms. The summed E-state index contributed by atoms with van der Waals surface area (Å²) in [5.74, 6) is 0.977. The number of rotatable bonds is 9. The summed E-state index contributed by atoms with van der Waals surface area (Å²) >= 11 is 6.17. The average molecular weight is 318 g/mol. The molecule has 1 N–H and O–H groups in total. The summed E-state index contributed by atoms with van der Waals surface area (Å²) < 4.78 is 5.90. The van der Waals surface area contributed by atoms with Gasteiger partial charge in [-0.25, -0.2) is 0 Å². The van der Waals surface area contributed by atoms with Crippen LogP contribution in [0.25, 0.3) is 0 Å². The minimum absolute atomic E-state index is 0.754. The highest BCUT2D eigenvalue weighted by Gasteiger charge is 2.04. The molecule has 0 aliphatic carbocycles. The lowest BCUT2D eigenvalue weighted by Gasteiger charge is -2.12. The Morgan fingerprint density at radius 1 is 0.909 bits per heavy atom. The lowest BCUT2D eigenvalue weighted by atomic mass is 10.2. The second kappa shape index (κ2) is 9.50. The van der Waals surface area contributed by atoms with E-state index in [1.54, 1.807) is 0 Å². The first kappa shape index (κ1) is 16.9. The van der Waals surface area contributed by atoms with Crippen molar-refractivity contribution in [2.24, 2.45) is 0 Å². The third kappa shape index (κ3) is 5.36. The lowest BCUT2D eigenvalue weighted by molar-refractivity contribution is 0.302. The van der Waals surface area contributed by atoms with Crippen LogP contribution in [0.2, 0.25) is 5.02 Å². The van der Waals surface area contributed by atoms with E-state index in [1.165, 1.54) is 18.4 Å². The predicted molar refractivity (Wildman–Crippen MR) is 93.5 cm³/mol. The molecule has 0 unspecified atom stereocenters. The Bertz CT molecular complexity index is 571. The van der Waals surface area contributed by atoms with Crippen molar-refractivity contribution in [1.29, 1.82) is 0 Å². The van der Waals surface area contributed by atoms with Gasteiger partial charge in [0.1, 0.15) is 5.75 Å². The van der Waals surface area contributed by atoms with Crippen molar-refractivity contribution in [2.45, 2.75) is 39.3 Å². The molecule has 2 aromatic carbocycles. The molecule has 0 atom stereocenters. The number of halogens is 1. The Balaban J connectivity index is 1.85. The van der Waals surface area contributed by atoms with Crippen molar-refractivity contribution < 1.29 is 4.74 Å². The maximum atomic E-state index is 6.17. The molecule has 118 valence electrons. The van der Waals surface area contributed by atoms with E-state index in [0.717, 1.165) is 42.5 Å². The first-order valence-electron chi connectivity index (χ1n) is 7.96. The van der Waals surface area contributed by atoms with Crippen LogP contribution in [0.3, 0.4) is 0 Å². The van der Waals surface area contributed by atoms with E-state index in [9.17, 15) is 0 Å². The number of hydrogen-bond acceptors (Lipinski definition) is 2. The molecule has 22 heavy (non-hydrogen) atoms. The summed E-state index contributed by atoms with van der Waals surface area (Å²) in [5, 5.41) is 4.24. The van der Waals surface area contributed by atoms with E-state index in [-0.39, 0.29) is 0 Å². The number of para-hydroxylation sites is 1. The van der Waals surface area contributed by atoms with E-state index in [0.29, 0.717) is 0 Å². The zero-order valence-electron chi connectivity index (χ0n) is 13.1. The summed E-state index contributed by atoms with van der Waals surface area (Å²) in [7, 11) is 0. The van der Waals surface area contributed by atoms with Crippen molar-refractivity contribution in [2.75, 3.05) is 6.61 Å². The monoisotopic (exact) mass is 317 g/mol. The van der Waals surface area contributed by atoms with Gasteiger partial charge in [-0.1, -0.05) is 67.8 Å². The fourth-order valence-electron chi connectivity index (χ4n) is 2.30. The summed E-state index contributed by atoms with van der Waals surface area (Å²) in [6, 6.07) is 16.1. The number of nitrogens with one attached hydrogen (secondary N) is 1. The van der Waals surface area contributed by atoms with Crippen LogP contribution in [-0.2, 0) is 13.1 Å². The molecule has 0 saturated heterocycles. The number of ether oxygens (including phenoxy) is 1. The highest BCUT2D eigenvalue weighted by molar-refractivity contribution is 6.31. The molecule has 0 heterocycles. The number of unbranched alkanes of at least 4 members (excludes halogenated alkanes) is 2. The highest BCUT2D eigenvalue weighted by Crippen LogP contribution is 2.19. The van der Waals surface area contributed by atoms with Crippen LogP contribution < -0.4 is 10.1 Å². The molecule has 0 bridgehead atoms. The highest BCUT2D eigenvalue weighted by atomic mass is 35.5. The second-order valence-electron chi connectivity index (χ2n) is 5.36. The second-order valence-corrected chi connectivity index (χ2v) is 5.77. The first-order chi connectivity index (χ1) is 10.8. The van der Waals surface area contributed by atoms with Gasteiger partial charge in [-0.3, -0.25) is 0 Å². The van der Waals surface area contributed by atoms with Gasteiger partial charge < -0.3 is 10.1 Å². The quantitative estimate of drug-likeness (QED) is 0.642. The lowest BCUT2D eigenvalue weighted by Crippen LogP contribution is -2.14. The molecule has 0 aliphatic rings. The molecule has 3 heteroatoms. The van der Waals surface area contributed by atoms with Gasteiger partial charge >= 0.3 is 0 Å². The van der Waals surface area contributed by atoms with Crippen molar-refractivity contribution in [3.05, 3.63) is 64.7 Å². The summed E-state index contributed by atoms with van der Waals surface area (Å²) in [6.07, 6.45) is 3.54. The SMILES string of the molecule is CCCCCOc1ccccc1CNCc1ccccc1Cl. The third-order valence-corrected chi connectivity index (χ3v) is 3.94. The van der Waals surface area contributed by atoms with E-state index in [1.807, 2.05) is 42.5 Å². The van der Waals surface area contributed by atoms with Crippen LogP contribution >= 0.6 is 11.6 Å². The van der Waals surface area contributed by atoms with Gasteiger partial charge in [0.05, 0.1) is 6.61 Å². The van der Waals surface area contributed by atoms with E-state index >= 15 is 0 Å². The molecule has 0 aromatic heterocycles. The van der Waals surface area contributed by atoms with Crippen LogP contribution in [0.5, 0.6) is 5.75 Å². The predicted octanol–water partition coefficient (Wildman–Crippen LogP) is 5.20. The Morgan fingerprint density at radius 3 is 2.36 bits per heavy atom. The molecule has 2 aromatic rings. The van der Waals surface area contributed by atoms with Crippen LogP contribution in [-0.4, -0.2) is 6.61 Å². The first-order valence-corrected chi connectivity index (χ1v) is 8.34. The Morgan fingerprint density at radius 2 is 1.59 bits per heavy atom. The molecule has 2 nitrogen and oxygen atoms in total. The van der Waals surface area contributed by atoms with E-state index in [4.69, 9.17) is 16.3 Å². The summed E-state index contributed by atoms with van der Waals surface area (Å²) in [5.41, 5.74) is 2.30. The largest absolute Gasteiger partial charge is 0.493 e. The molecule has 0 fully saturated rings.